The molecule has 1 amide bonds. The molecule has 3 rings (SSSR count). The molecule has 1 aliphatic rings. The Morgan fingerprint density at radius 2 is 2.00 bits per heavy atom. The van der Waals surface area contributed by atoms with Gasteiger partial charge in [-0.2, -0.15) is 0 Å². The normalized spacial score (nSPS) is 16.3. The Labute approximate surface area is 149 Å². The Hall–Kier alpha value is -2.04. The van der Waals surface area contributed by atoms with Crippen molar-refractivity contribution < 1.29 is 9.53 Å². The zero-order chi connectivity index (χ0) is 16.1. The highest BCUT2D eigenvalue weighted by atomic mass is 35.5. The second-order valence-corrected chi connectivity index (χ2v) is 5.83. The van der Waals surface area contributed by atoms with Gasteiger partial charge in [-0.3, -0.25) is 4.79 Å². The second-order valence-electron chi connectivity index (χ2n) is 5.83. The van der Waals surface area contributed by atoms with E-state index in [-0.39, 0.29) is 24.4 Å². The van der Waals surface area contributed by atoms with Crippen LogP contribution in [0.1, 0.15) is 24.0 Å². The maximum Gasteiger partial charge on any atom is 0.241 e. The first kappa shape index (κ1) is 18.3. The van der Waals surface area contributed by atoms with Crippen molar-refractivity contribution in [1.82, 2.24) is 5.32 Å². The number of ether oxygens (including phenoxy) is 1. The fourth-order valence-corrected chi connectivity index (χ4v) is 2.78. The molecular formula is C19H23ClN2O2. The van der Waals surface area contributed by atoms with Crippen LogP contribution in [0.3, 0.4) is 0 Å². The lowest BCUT2D eigenvalue weighted by molar-refractivity contribution is -0.117. The average molecular weight is 347 g/mol. The Bertz CT molecular complexity index is 670. The number of nitrogens with one attached hydrogen (secondary N) is 2. The van der Waals surface area contributed by atoms with Gasteiger partial charge in [0.1, 0.15) is 12.4 Å². The molecule has 128 valence electrons. The molecule has 0 aliphatic carbocycles. The standard InChI is InChI=1S/C19H22N2O2.ClH/c1-14-15(13-23-16-8-3-2-4-9-16)7-5-10-17(14)21-19(22)18-11-6-12-20-18;/h2-5,7-10,18,20H,6,11-13H2,1H3,(H,21,22);1H. The summed E-state index contributed by atoms with van der Waals surface area (Å²) in [6.45, 7) is 3.42. The van der Waals surface area contributed by atoms with Crippen molar-refractivity contribution in [3.63, 3.8) is 0 Å². The molecule has 1 heterocycles. The predicted octanol–water partition coefficient (Wildman–Crippen LogP) is 3.69. The number of hydrogen-bond acceptors (Lipinski definition) is 3. The topological polar surface area (TPSA) is 50.4 Å². The van der Waals surface area contributed by atoms with Gasteiger partial charge < -0.3 is 15.4 Å². The summed E-state index contributed by atoms with van der Waals surface area (Å²) >= 11 is 0. The zero-order valence-electron chi connectivity index (χ0n) is 13.7. The number of rotatable bonds is 5. The summed E-state index contributed by atoms with van der Waals surface area (Å²) in [6.07, 6.45) is 1.96. The number of carbonyl (C=O) groups excluding carboxylic acids is 1. The SMILES string of the molecule is Cc1c(COc2ccccc2)cccc1NC(=O)C1CCCN1.Cl. The summed E-state index contributed by atoms with van der Waals surface area (Å²) in [5, 5.41) is 6.25. The van der Waals surface area contributed by atoms with E-state index in [1.165, 1.54) is 0 Å². The van der Waals surface area contributed by atoms with Gasteiger partial charge in [0.15, 0.2) is 0 Å². The van der Waals surface area contributed by atoms with Crippen LogP contribution < -0.4 is 15.4 Å². The van der Waals surface area contributed by atoms with Crippen LogP contribution >= 0.6 is 12.4 Å². The van der Waals surface area contributed by atoms with Crippen molar-refractivity contribution in [2.75, 3.05) is 11.9 Å². The summed E-state index contributed by atoms with van der Waals surface area (Å²) in [6, 6.07) is 15.6. The molecule has 2 aromatic rings. The molecule has 1 fully saturated rings. The number of hydrogen-bond donors (Lipinski definition) is 2. The molecule has 0 bridgehead atoms. The third-order valence-electron chi connectivity index (χ3n) is 4.22. The predicted molar refractivity (Wildman–Crippen MR) is 98.9 cm³/mol. The highest BCUT2D eigenvalue weighted by Gasteiger charge is 2.22. The summed E-state index contributed by atoms with van der Waals surface area (Å²) in [5.41, 5.74) is 2.98. The van der Waals surface area contributed by atoms with Gasteiger partial charge in [0, 0.05) is 5.69 Å². The van der Waals surface area contributed by atoms with Crippen molar-refractivity contribution >= 4 is 24.0 Å². The zero-order valence-corrected chi connectivity index (χ0v) is 14.6. The third-order valence-corrected chi connectivity index (χ3v) is 4.22. The van der Waals surface area contributed by atoms with Crippen LogP contribution in [0.4, 0.5) is 5.69 Å². The summed E-state index contributed by atoms with van der Waals surface area (Å²) < 4.78 is 5.81. The summed E-state index contributed by atoms with van der Waals surface area (Å²) in [5.74, 6) is 0.892. The fourth-order valence-electron chi connectivity index (χ4n) is 2.78. The Kier molecular flexibility index (Phi) is 6.64. The van der Waals surface area contributed by atoms with E-state index >= 15 is 0 Å². The van der Waals surface area contributed by atoms with E-state index in [1.54, 1.807) is 0 Å². The number of para-hydroxylation sites is 1. The average Bonchev–Trinajstić information content (AvgIpc) is 3.11. The molecule has 1 atom stereocenters. The van der Waals surface area contributed by atoms with Gasteiger partial charge in [-0.25, -0.2) is 0 Å². The first-order valence-electron chi connectivity index (χ1n) is 8.04. The first-order chi connectivity index (χ1) is 11.2. The molecule has 2 aromatic carbocycles. The molecule has 0 aromatic heterocycles. The van der Waals surface area contributed by atoms with Crippen molar-refractivity contribution in [2.45, 2.75) is 32.4 Å². The minimum Gasteiger partial charge on any atom is -0.489 e. The Morgan fingerprint density at radius 1 is 1.21 bits per heavy atom. The largest absolute Gasteiger partial charge is 0.489 e. The van der Waals surface area contributed by atoms with Crippen LogP contribution in [0.25, 0.3) is 0 Å². The van der Waals surface area contributed by atoms with Crippen molar-refractivity contribution in [1.29, 1.82) is 0 Å². The number of anilines is 1. The van der Waals surface area contributed by atoms with E-state index in [4.69, 9.17) is 4.74 Å². The monoisotopic (exact) mass is 346 g/mol. The van der Waals surface area contributed by atoms with Crippen molar-refractivity contribution in [2.24, 2.45) is 0 Å². The minimum atomic E-state index is -0.0707. The summed E-state index contributed by atoms with van der Waals surface area (Å²) in [4.78, 5) is 12.3. The van der Waals surface area contributed by atoms with Crippen LogP contribution in [0.2, 0.25) is 0 Å². The third kappa shape index (κ3) is 4.49. The maximum atomic E-state index is 12.3. The van der Waals surface area contributed by atoms with Crippen LogP contribution in [0.15, 0.2) is 48.5 Å². The van der Waals surface area contributed by atoms with Crippen molar-refractivity contribution in [3.05, 3.63) is 59.7 Å². The number of benzene rings is 2. The van der Waals surface area contributed by atoms with Gasteiger partial charge >= 0.3 is 0 Å². The molecule has 0 spiro atoms. The molecule has 2 N–H and O–H groups in total. The van der Waals surface area contributed by atoms with Crippen LogP contribution in [0, 0.1) is 6.92 Å². The van der Waals surface area contributed by atoms with E-state index < -0.39 is 0 Å². The molecule has 1 unspecified atom stereocenters. The Balaban J connectivity index is 0.00000208. The molecule has 0 saturated carbocycles. The molecule has 4 nitrogen and oxygen atoms in total. The van der Waals surface area contributed by atoms with Crippen LogP contribution in [-0.4, -0.2) is 18.5 Å². The van der Waals surface area contributed by atoms with Gasteiger partial charge in [0.05, 0.1) is 6.04 Å². The van der Waals surface area contributed by atoms with Crippen LogP contribution in [-0.2, 0) is 11.4 Å². The fraction of sp³-hybridized carbons (Fsp3) is 0.316. The first-order valence-corrected chi connectivity index (χ1v) is 8.04. The Morgan fingerprint density at radius 3 is 2.71 bits per heavy atom. The lowest BCUT2D eigenvalue weighted by atomic mass is 10.1. The highest BCUT2D eigenvalue weighted by Crippen LogP contribution is 2.21. The quantitative estimate of drug-likeness (QED) is 0.868. The van der Waals surface area contributed by atoms with Gasteiger partial charge in [-0.1, -0.05) is 30.3 Å². The number of carbonyl (C=O) groups is 1. The molecule has 1 aliphatic heterocycles. The lowest BCUT2D eigenvalue weighted by Gasteiger charge is -2.15. The van der Waals surface area contributed by atoms with E-state index in [2.05, 4.69) is 10.6 Å². The highest BCUT2D eigenvalue weighted by molar-refractivity contribution is 5.95. The number of amides is 1. The van der Waals surface area contributed by atoms with Crippen LogP contribution in [0.5, 0.6) is 5.75 Å². The van der Waals surface area contributed by atoms with E-state index in [1.807, 2.05) is 55.5 Å². The lowest BCUT2D eigenvalue weighted by Crippen LogP contribution is -2.35. The minimum absolute atomic E-state index is 0. The molecule has 24 heavy (non-hydrogen) atoms. The van der Waals surface area contributed by atoms with E-state index in [0.29, 0.717) is 6.61 Å². The maximum absolute atomic E-state index is 12.3. The molecule has 5 heteroatoms. The second kappa shape index (κ2) is 8.71. The molecule has 1 saturated heterocycles. The smallest absolute Gasteiger partial charge is 0.241 e. The summed E-state index contributed by atoms with van der Waals surface area (Å²) in [7, 11) is 0. The van der Waals surface area contributed by atoms with E-state index in [0.717, 1.165) is 42.0 Å². The van der Waals surface area contributed by atoms with Gasteiger partial charge in [0.25, 0.3) is 0 Å². The van der Waals surface area contributed by atoms with E-state index in [9.17, 15) is 4.79 Å². The van der Waals surface area contributed by atoms with Crippen molar-refractivity contribution in [3.8, 4) is 5.75 Å². The molecular weight excluding hydrogens is 324 g/mol. The number of halogens is 1. The van der Waals surface area contributed by atoms with Gasteiger partial charge in [-0.15, -0.1) is 12.4 Å². The molecule has 0 radical (unpaired) electrons. The van der Waals surface area contributed by atoms with Gasteiger partial charge in [-0.05, 0) is 55.6 Å². The van der Waals surface area contributed by atoms with Gasteiger partial charge in [0.2, 0.25) is 5.91 Å².